The van der Waals surface area contributed by atoms with Gasteiger partial charge in [0.2, 0.25) is 5.91 Å². The Hall–Kier alpha value is -3.67. The molecule has 0 fully saturated rings. The van der Waals surface area contributed by atoms with Crippen molar-refractivity contribution in [3.05, 3.63) is 71.9 Å². The number of pyridine rings is 1. The van der Waals surface area contributed by atoms with Gasteiger partial charge in [0.1, 0.15) is 5.75 Å². The van der Waals surface area contributed by atoms with Crippen molar-refractivity contribution in [2.75, 3.05) is 19.0 Å². The lowest BCUT2D eigenvalue weighted by atomic mass is 10.1. The first-order valence-corrected chi connectivity index (χ1v) is 8.70. The van der Waals surface area contributed by atoms with E-state index < -0.39 is 5.97 Å². The van der Waals surface area contributed by atoms with Crippen LogP contribution in [-0.2, 0) is 14.3 Å². The number of methoxy groups -OCH3 is 1. The zero-order valence-electron chi connectivity index (χ0n) is 15.6. The predicted molar refractivity (Wildman–Crippen MR) is 108 cm³/mol. The first kappa shape index (κ1) is 19.1. The van der Waals surface area contributed by atoms with E-state index in [9.17, 15) is 9.59 Å². The molecule has 142 valence electrons. The number of aryl methyl sites for hydroxylation is 1. The zero-order chi connectivity index (χ0) is 19.9. The van der Waals surface area contributed by atoms with Gasteiger partial charge in [-0.25, -0.2) is 4.79 Å². The lowest BCUT2D eigenvalue weighted by Gasteiger charge is -2.10. The molecule has 0 aliphatic rings. The van der Waals surface area contributed by atoms with Gasteiger partial charge in [-0.05, 0) is 42.8 Å². The van der Waals surface area contributed by atoms with E-state index in [1.807, 2.05) is 37.3 Å². The molecule has 1 heterocycles. The molecule has 0 saturated heterocycles. The molecule has 0 aliphatic heterocycles. The van der Waals surface area contributed by atoms with Crippen molar-refractivity contribution in [3.63, 3.8) is 0 Å². The van der Waals surface area contributed by atoms with Crippen LogP contribution in [0.25, 0.3) is 17.0 Å². The topological polar surface area (TPSA) is 77.5 Å². The van der Waals surface area contributed by atoms with Crippen molar-refractivity contribution in [2.24, 2.45) is 0 Å². The Morgan fingerprint density at radius 2 is 1.96 bits per heavy atom. The number of nitrogens with zero attached hydrogens (tertiary/aromatic N) is 1. The molecular formula is C22H20N2O4. The van der Waals surface area contributed by atoms with Crippen LogP contribution in [0.3, 0.4) is 0 Å². The smallest absolute Gasteiger partial charge is 0.343 e. The van der Waals surface area contributed by atoms with Crippen LogP contribution in [0.5, 0.6) is 5.75 Å². The highest BCUT2D eigenvalue weighted by molar-refractivity contribution is 6.03. The van der Waals surface area contributed by atoms with Crippen LogP contribution in [-0.4, -0.2) is 30.6 Å². The Labute approximate surface area is 162 Å². The SMILES string of the molecule is COC(=O)COc1ccc(NC(=O)/C=C/c2cccc3cccnc23)c(C)c1. The van der Waals surface area contributed by atoms with Gasteiger partial charge in [-0.1, -0.05) is 24.3 Å². The number of anilines is 1. The maximum absolute atomic E-state index is 12.3. The van der Waals surface area contributed by atoms with E-state index in [4.69, 9.17) is 4.74 Å². The second-order valence-electron chi connectivity index (χ2n) is 6.09. The van der Waals surface area contributed by atoms with Gasteiger partial charge in [-0.15, -0.1) is 0 Å². The molecule has 6 nitrogen and oxygen atoms in total. The molecule has 2 aromatic carbocycles. The second kappa shape index (κ2) is 8.81. The first-order valence-electron chi connectivity index (χ1n) is 8.70. The summed E-state index contributed by atoms with van der Waals surface area (Å²) in [5, 5.41) is 3.86. The second-order valence-corrected chi connectivity index (χ2v) is 6.09. The third-order valence-electron chi connectivity index (χ3n) is 4.12. The first-order chi connectivity index (χ1) is 13.6. The molecule has 1 aromatic heterocycles. The number of benzene rings is 2. The van der Waals surface area contributed by atoms with Gasteiger partial charge in [0.25, 0.3) is 0 Å². The number of hydrogen-bond donors (Lipinski definition) is 1. The zero-order valence-corrected chi connectivity index (χ0v) is 15.6. The van der Waals surface area contributed by atoms with E-state index >= 15 is 0 Å². The molecule has 3 aromatic rings. The summed E-state index contributed by atoms with van der Waals surface area (Å²) >= 11 is 0. The lowest BCUT2D eigenvalue weighted by Crippen LogP contribution is -2.13. The van der Waals surface area contributed by atoms with Gasteiger partial charge in [0, 0.05) is 28.9 Å². The third-order valence-corrected chi connectivity index (χ3v) is 4.12. The molecule has 0 bridgehead atoms. The minimum absolute atomic E-state index is 0.163. The molecular weight excluding hydrogens is 356 g/mol. The Balaban J connectivity index is 1.67. The number of rotatable bonds is 6. The summed E-state index contributed by atoms with van der Waals surface area (Å²) in [6.45, 7) is 1.68. The highest BCUT2D eigenvalue weighted by Crippen LogP contribution is 2.22. The maximum Gasteiger partial charge on any atom is 0.343 e. The van der Waals surface area contributed by atoms with Crippen molar-refractivity contribution < 1.29 is 19.1 Å². The largest absolute Gasteiger partial charge is 0.482 e. The molecule has 1 amide bonds. The minimum Gasteiger partial charge on any atom is -0.482 e. The number of amides is 1. The molecule has 1 N–H and O–H groups in total. The highest BCUT2D eigenvalue weighted by Gasteiger charge is 2.06. The molecule has 0 spiro atoms. The van der Waals surface area contributed by atoms with E-state index in [1.54, 1.807) is 30.5 Å². The summed E-state index contributed by atoms with van der Waals surface area (Å²) < 4.78 is 9.87. The number of fused-ring (bicyclic) bond motifs is 1. The molecule has 0 saturated carbocycles. The van der Waals surface area contributed by atoms with E-state index in [-0.39, 0.29) is 12.5 Å². The van der Waals surface area contributed by atoms with Crippen LogP contribution in [0.2, 0.25) is 0 Å². The predicted octanol–water partition coefficient (Wildman–Crippen LogP) is 3.75. The third kappa shape index (κ3) is 4.73. The average Bonchev–Trinajstić information content (AvgIpc) is 2.72. The van der Waals surface area contributed by atoms with Gasteiger partial charge >= 0.3 is 5.97 Å². The number of aromatic nitrogens is 1. The van der Waals surface area contributed by atoms with Crippen molar-refractivity contribution in [1.29, 1.82) is 0 Å². The van der Waals surface area contributed by atoms with E-state index in [1.165, 1.54) is 13.2 Å². The number of esters is 1. The fraction of sp³-hybridized carbons (Fsp3) is 0.136. The number of ether oxygens (including phenoxy) is 2. The summed E-state index contributed by atoms with van der Waals surface area (Å²) in [6, 6.07) is 14.8. The van der Waals surface area contributed by atoms with E-state index in [0.717, 1.165) is 22.0 Å². The molecule has 0 radical (unpaired) electrons. The van der Waals surface area contributed by atoms with Crippen molar-refractivity contribution in [2.45, 2.75) is 6.92 Å². The molecule has 6 heteroatoms. The fourth-order valence-electron chi connectivity index (χ4n) is 2.67. The lowest BCUT2D eigenvalue weighted by molar-refractivity contribution is -0.142. The highest BCUT2D eigenvalue weighted by atomic mass is 16.6. The fourth-order valence-corrected chi connectivity index (χ4v) is 2.67. The Bertz CT molecular complexity index is 1040. The Morgan fingerprint density at radius 1 is 1.14 bits per heavy atom. The number of carbonyl (C=O) groups excluding carboxylic acids is 2. The minimum atomic E-state index is -0.455. The normalized spacial score (nSPS) is 10.8. The number of hydrogen-bond acceptors (Lipinski definition) is 5. The number of carbonyl (C=O) groups is 2. The van der Waals surface area contributed by atoms with Gasteiger partial charge in [-0.2, -0.15) is 0 Å². The van der Waals surface area contributed by atoms with Crippen LogP contribution in [0.15, 0.2) is 60.8 Å². The van der Waals surface area contributed by atoms with Crippen LogP contribution in [0.1, 0.15) is 11.1 Å². The number of para-hydroxylation sites is 1. The van der Waals surface area contributed by atoms with Gasteiger partial charge < -0.3 is 14.8 Å². The van der Waals surface area contributed by atoms with E-state index in [0.29, 0.717) is 11.4 Å². The van der Waals surface area contributed by atoms with Gasteiger partial charge in [0.15, 0.2) is 6.61 Å². The van der Waals surface area contributed by atoms with Crippen molar-refractivity contribution in [3.8, 4) is 5.75 Å². The van der Waals surface area contributed by atoms with Crippen LogP contribution < -0.4 is 10.1 Å². The number of nitrogens with one attached hydrogen (secondary N) is 1. The standard InChI is InChI=1S/C22H20N2O4/c1-15-13-18(28-14-21(26)27-2)9-10-19(15)24-20(25)11-8-17-6-3-5-16-7-4-12-23-22(16)17/h3-13H,14H2,1-2H3,(H,24,25)/b11-8+. The molecule has 28 heavy (non-hydrogen) atoms. The summed E-state index contributed by atoms with van der Waals surface area (Å²) in [5.41, 5.74) is 3.20. The van der Waals surface area contributed by atoms with Gasteiger partial charge in [-0.3, -0.25) is 9.78 Å². The van der Waals surface area contributed by atoms with Crippen molar-refractivity contribution >= 4 is 34.5 Å². The molecule has 0 atom stereocenters. The summed E-state index contributed by atoms with van der Waals surface area (Å²) in [7, 11) is 1.30. The Morgan fingerprint density at radius 3 is 2.75 bits per heavy atom. The Kier molecular flexibility index (Phi) is 6.01. The quantitative estimate of drug-likeness (QED) is 0.524. The van der Waals surface area contributed by atoms with Crippen LogP contribution in [0, 0.1) is 6.92 Å². The summed E-state index contributed by atoms with van der Waals surface area (Å²) in [6.07, 6.45) is 4.95. The molecule has 0 unspecified atom stereocenters. The van der Waals surface area contributed by atoms with Crippen LogP contribution >= 0.6 is 0 Å². The summed E-state index contributed by atoms with van der Waals surface area (Å²) in [5.74, 6) is -0.180. The van der Waals surface area contributed by atoms with Gasteiger partial charge in [0.05, 0.1) is 12.6 Å². The monoisotopic (exact) mass is 376 g/mol. The average molecular weight is 376 g/mol. The molecule has 0 aliphatic carbocycles. The van der Waals surface area contributed by atoms with E-state index in [2.05, 4.69) is 15.0 Å². The summed E-state index contributed by atoms with van der Waals surface area (Å²) in [4.78, 5) is 27.8. The molecule has 3 rings (SSSR count). The van der Waals surface area contributed by atoms with Crippen LogP contribution in [0.4, 0.5) is 5.69 Å². The van der Waals surface area contributed by atoms with Crippen molar-refractivity contribution in [1.82, 2.24) is 4.98 Å². The maximum atomic E-state index is 12.3.